The number of carbonyl (C=O) groups excluding carboxylic acids is 1. The lowest BCUT2D eigenvalue weighted by Gasteiger charge is -2.35. The molecule has 23 heavy (non-hydrogen) atoms. The van der Waals surface area contributed by atoms with Gasteiger partial charge < -0.3 is 9.32 Å². The Morgan fingerprint density at radius 1 is 1.39 bits per heavy atom. The highest BCUT2D eigenvalue weighted by molar-refractivity contribution is 6.30. The van der Waals surface area contributed by atoms with E-state index in [2.05, 4.69) is 10.00 Å². The minimum absolute atomic E-state index is 0.109. The first kappa shape index (κ1) is 16.1. The predicted octanol–water partition coefficient (Wildman–Crippen LogP) is 2.11. The number of furan rings is 1. The van der Waals surface area contributed by atoms with Crippen LogP contribution in [-0.4, -0.2) is 51.7 Å². The van der Waals surface area contributed by atoms with E-state index in [0.29, 0.717) is 11.6 Å². The SMILES string of the molecule is CC(Cn1cc(Cl)cn1)C(=O)N1CCN(Cc2ccco2)CC1. The Kier molecular flexibility index (Phi) is 5.03. The van der Waals surface area contributed by atoms with Crippen molar-refractivity contribution in [3.63, 3.8) is 0 Å². The highest BCUT2D eigenvalue weighted by atomic mass is 35.5. The van der Waals surface area contributed by atoms with Gasteiger partial charge in [0.15, 0.2) is 0 Å². The number of hydrogen-bond acceptors (Lipinski definition) is 4. The molecule has 2 aromatic rings. The van der Waals surface area contributed by atoms with Gasteiger partial charge in [-0.05, 0) is 12.1 Å². The molecule has 1 aliphatic rings. The van der Waals surface area contributed by atoms with E-state index in [1.165, 1.54) is 0 Å². The highest BCUT2D eigenvalue weighted by Gasteiger charge is 2.25. The maximum absolute atomic E-state index is 12.5. The zero-order chi connectivity index (χ0) is 16.2. The van der Waals surface area contributed by atoms with E-state index in [-0.39, 0.29) is 11.8 Å². The van der Waals surface area contributed by atoms with Crippen molar-refractivity contribution in [3.8, 4) is 0 Å². The van der Waals surface area contributed by atoms with Gasteiger partial charge in [-0.15, -0.1) is 0 Å². The van der Waals surface area contributed by atoms with Gasteiger partial charge in [-0.25, -0.2) is 0 Å². The summed E-state index contributed by atoms with van der Waals surface area (Å²) >= 11 is 5.85. The summed E-state index contributed by atoms with van der Waals surface area (Å²) in [6.07, 6.45) is 5.02. The van der Waals surface area contributed by atoms with E-state index >= 15 is 0 Å². The van der Waals surface area contributed by atoms with Gasteiger partial charge in [0.1, 0.15) is 5.76 Å². The number of piperazine rings is 1. The fraction of sp³-hybridized carbons (Fsp3) is 0.500. The minimum Gasteiger partial charge on any atom is -0.468 e. The number of aromatic nitrogens is 2. The van der Waals surface area contributed by atoms with Gasteiger partial charge in [0.2, 0.25) is 5.91 Å². The number of amides is 1. The molecule has 1 fully saturated rings. The molecule has 0 bridgehead atoms. The predicted molar refractivity (Wildman–Crippen MR) is 87.0 cm³/mol. The second kappa shape index (κ2) is 7.19. The van der Waals surface area contributed by atoms with Crippen LogP contribution in [0.4, 0.5) is 0 Å². The van der Waals surface area contributed by atoms with E-state index in [9.17, 15) is 4.79 Å². The number of halogens is 1. The summed E-state index contributed by atoms with van der Waals surface area (Å²) in [5.41, 5.74) is 0. The molecule has 1 aliphatic heterocycles. The zero-order valence-corrected chi connectivity index (χ0v) is 13.9. The summed E-state index contributed by atoms with van der Waals surface area (Å²) in [5, 5.41) is 4.73. The third kappa shape index (κ3) is 4.14. The first-order valence-corrected chi connectivity index (χ1v) is 8.21. The monoisotopic (exact) mass is 336 g/mol. The van der Waals surface area contributed by atoms with Crippen LogP contribution >= 0.6 is 11.6 Å². The molecule has 3 heterocycles. The van der Waals surface area contributed by atoms with Gasteiger partial charge in [0.25, 0.3) is 0 Å². The Morgan fingerprint density at radius 2 is 2.17 bits per heavy atom. The fourth-order valence-electron chi connectivity index (χ4n) is 2.86. The van der Waals surface area contributed by atoms with Crippen molar-refractivity contribution in [3.05, 3.63) is 41.6 Å². The molecule has 0 spiro atoms. The quantitative estimate of drug-likeness (QED) is 0.839. The molecular formula is C16H21ClN4O2. The van der Waals surface area contributed by atoms with Crippen molar-refractivity contribution in [2.45, 2.75) is 20.0 Å². The summed E-state index contributed by atoms with van der Waals surface area (Å²) in [5.74, 6) is 1.03. The van der Waals surface area contributed by atoms with Gasteiger partial charge in [-0.2, -0.15) is 5.10 Å². The number of nitrogens with zero attached hydrogens (tertiary/aromatic N) is 4. The Hall–Kier alpha value is -1.79. The summed E-state index contributed by atoms with van der Waals surface area (Å²) in [6, 6.07) is 3.88. The molecule has 0 N–H and O–H groups in total. The standard InChI is InChI=1S/C16H21ClN4O2/c1-13(10-21-11-14(17)9-18-21)16(22)20-6-4-19(5-7-20)12-15-3-2-8-23-15/h2-3,8-9,11,13H,4-7,10,12H2,1H3. The molecule has 0 saturated carbocycles. The summed E-state index contributed by atoms with van der Waals surface area (Å²) < 4.78 is 7.09. The molecule has 2 aromatic heterocycles. The molecule has 1 amide bonds. The van der Waals surface area contributed by atoms with Crippen molar-refractivity contribution in [2.75, 3.05) is 26.2 Å². The van der Waals surface area contributed by atoms with E-state index in [4.69, 9.17) is 16.0 Å². The van der Waals surface area contributed by atoms with Crippen molar-refractivity contribution in [1.82, 2.24) is 19.6 Å². The van der Waals surface area contributed by atoms with Crippen molar-refractivity contribution in [1.29, 1.82) is 0 Å². The van der Waals surface area contributed by atoms with Crippen LogP contribution in [0.2, 0.25) is 5.02 Å². The number of carbonyl (C=O) groups is 1. The van der Waals surface area contributed by atoms with E-state index in [0.717, 1.165) is 38.5 Å². The first-order chi connectivity index (χ1) is 11.1. The third-order valence-corrected chi connectivity index (χ3v) is 4.32. The third-order valence-electron chi connectivity index (χ3n) is 4.13. The molecule has 1 atom stereocenters. The average molecular weight is 337 g/mol. The summed E-state index contributed by atoms with van der Waals surface area (Å²) in [6.45, 7) is 6.54. The molecule has 0 radical (unpaired) electrons. The Bertz CT molecular complexity index is 632. The van der Waals surface area contributed by atoms with E-state index in [1.54, 1.807) is 23.3 Å². The van der Waals surface area contributed by atoms with Crippen LogP contribution in [0.3, 0.4) is 0 Å². The van der Waals surface area contributed by atoms with Gasteiger partial charge in [-0.1, -0.05) is 18.5 Å². The first-order valence-electron chi connectivity index (χ1n) is 7.83. The van der Waals surface area contributed by atoms with Crippen LogP contribution in [0, 0.1) is 5.92 Å². The largest absolute Gasteiger partial charge is 0.468 e. The smallest absolute Gasteiger partial charge is 0.227 e. The van der Waals surface area contributed by atoms with Crippen LogP contribution in [0.15, 0.2) is 35.2 Å². The molecule has 6 nitrogen and oxygen atoms in total. The molecule has 124 valence electrons. The minimum atomic E-state index is -0.109. The fourth-order valence-corrected chi connectivity index (χ4v) is 3.01. The molecule has 0 aromatic carbocycles. The van der Waals surface area contributed by atoms with Crippen LogP contribution in [-0.2, 0) is 17.9 Å². The topological polar surface area (TPSA) is 54.5 Å². The van der Waals surface area contributed by atoms with E-state index < -0.39 is 0 Å². The Balaban J connectivity index is 1.47. The second-order valence-corrected chi connectivity index (χ2v) is 6.40. The van der Waals surface area contributed by atoms with Gasteiger partial charge >= 0.3 is 0 Å². The average Bonchev–Trinajstić information content (AvgIpc) is 3.19. The summed E-state index contributed by atoms with van der Waals surface area (Å²) in [7, 11) is 0. The van der Waals surface area contributed by atoms with Crippen molar-refractivity contribution < 1.29 is 9.21 Å². The second-order valence-electron chi connectivity index (χ2n) is 5.96. The Labute approximate surface area is 140 Å². The maximum atomic E-state index is 12.5. The van der Waals surface area contributed by atoms with Crippen LogP contribution < -0.4 is 0 Å². The molecule has 7 heteroatoms. The lowest BCUT2D eigenvalue weighted by Crippen LogP contribution is -2.50. The molecule has 3 rings (SSSR count). The van der Waals surface area contributed by atoms with Gasteiger partial charge in [0.05, 0.1) is 36.5 Å². The lowest BCUT2D eigenvalue weighted by molar-refractivity contribution is -0.137. The van der Waals surface area contributed by atoms with Gasteiger partial charge in [-0.3, -0.25) is 14.4 Å². The molecule has 1 saturated heterocycles. The number of rotatable bonds is 5. The van der Waals surface area contributed by atoms with Crippen molar-refractivity contribution in [2.24, 2.45) is 5.92 Å². The normalized spacial score (nSPS) is 17.4. The van der Waals surface area contributed by atoms with Crippen LogP contribution in [0.5, 0.6) is 0 Å². The molecule has 0 aliphatic carbocycles. The Morgan fingerprint density at radius 3 is 2.78 bits per heavy atom. The van der Waals surface area contributed by atoms with Gasteiger partial charge in [0, 0.05) is 32.4 Å². The summed E-state index contributed by atoms with van der Waals surface area (Å²) in [4.78, 5) is 16.8. The number of hydrogen-bond donors (Lipinski definition) is 0. The van der Waals surface area contributed by atoms with Crippen molar-refractivity contribution >= 4 is 17.5 Å². The van der Waals surface area contributed by atoms with Crippen LogP contribution in [0.1, 0.15) is 12.7 Å². The highest BCUT2D eigenvalue weighted by Crippen LogP contribution is 2.13. The molecular weight excluding hydrogens is 316 g/mol. The lowest BCUT2D eigenvalue weighted by atomic mass is 10.1. The van der Waals surface area contributed by atoms with E-state index in [1.807, 2.05) is 24.0 Å². The molecule has 1 unspecified atom stereocenters. The maximum Gasteiger partial charge on any atom is 0.227 e. The van der Waals surface area contributed by atoms with Crippen LogP contribution in [0.25, 0.3) is 0 Å². The zero-order valence-electron chi connectivity index (χ0n) is 13.2.